The second-order valence-electron chi connectivity index (χ2n) is 2.72. The van der Waals surface area contributed by atoms with Gasteiger partial charge in [0.2, 0.25) is 0 Å². The van der Waals surface area contributed by atoms with Crippen LogP contribution in [0.4, 0.5) is 0 Å². The van der Waals surface area contributed by atoms with Gasteiger partial charge in [-0.05, 0) is 14.1 Å². The molecule has 0 aromatic rings. The summed E-state index contributed by atoms with van der Waals surface area (Å²) in [6, 6.07) is 0. The fraction of sp³-hybridized carbons (Fsp3) is 0.833. The van der Waals surface area contributed by atoms with Crippen LogP contribution in [0.3, 0.4) is 0 Å². The van der Waals surface area contributed by atoms with Gasteiger partial charge in [0.05, 0.1) is 6.67 Å². The zero-order chi connectivity index (χ0) is 9.94. The van der Waals surface area contributed by atoms with Gasteiger partial charge < -0.3 is 4.90 Å². The van der Waals surface area contributed by atoms with Crippen molar-refractivity contribution in [2.45, 2.75) is 3.79 Å². The van der Waals surface area contributed by atoms with Crippen LogP contribution in [0.25, 0.3) is 0 Å². The Bertz CT molecular complexity index is 167. The van der Waals surface area contributed by atoms with Crippen LogP contribution < -0.4 is 0 Å². The second-order valence-corrected chi connectivity index (χ2v) is 5.00. The normalized spacial score (nSPS) is 11.9. The molecule has 0 aromatic carbocycles. The molecule has 0 aliphatic carbocycles. The number of nitrogens with zero attached hydrogens (tertiary/aromatic N) is 2. The zero-order valence-corrected chi connectivity index (χ0v) is 9.41. The molecule has 0 bridgehead atoms. The summed E-state index contributed by atoms with van der Waals surface area (Å²) in [5, 5.41) is 0. The van der Waals surface area contributed by atoms with E-state index in [4.69, 9.17) is 34.8 Å². The van der Waals surface area contributed by atoms with E-state index in [1.165, 1.54) is 4.90 Å². The lowest BCUT2D eigenvalue weighted by atomic mass is 10.6. The first kappa shape index (κ1) is 12.3. The predicted molar refractivity (Wildman–Crippen MR) is 51.6 cm³/mol. The maximum absolute atomic E-state index is 11.2. The summed E-state index contributed by atoms with van der Waals surface area (Å²) in [4.78, 5) is 14.3. The van der Waals surface area contributed by atoms with E-state index in [2.05, 4.69) is 0 Å². The van der Waals surface area contributed by atoms with E-state index in [1.54, 1.807) is 11.9 Å². The highest BCUT2D eigenvalue weighted by Gasteiger charge is 2.33. The van der Waals surface area contributed by atoms with E-state index < -0.39 is 9.70 Å². The van der Waals surface area contributed by atoms with Crippen molar-refractivity contribution in [1.82, 2.24) is 9.80 Å². The predicted octanol–water partition coefficient (Wildman–Crippen LogP) is 1.33. The molecule has 72 valence electrons. The van der Waals surface area contributed by atoms with Crippen LogP contribution in [0.15, 0.2) is 0 Å². The quantitative estimate of drug-likeness (QED) is 0.531. The zero-order valence-electron chi connectivity index (χ0n) is 7.14. The molecule has 0 rings (SSSR count). The van der Waals surface area contributed by atoms with Gasteiger partial charge >= 0.3 is 0 Å². The van der Waals surface area contributed by atoms with Crippen LogP contribution in [0.2, 0.25) is 0 Å². The number of carbonyl (C=O) groups is 1. The van der Waals surface area contributed by atoms with Gasteiger partial charge in [-0.1, -0.05) is 34.8 Å². The van der Waals surface area contributed by atoms with Crippen LogP contribution >= 0.6 is 34.8 Å². The third-order valence-electron chi connectivity index (χ3n) is 1.08. The third kappa shape index (κ3) is 4.36. The highest BCUT2D eigenvalue weighted by Crippen LogP contribution is 2.27. The van der Waals surface area contributed by atoms with Gasteiger partial charge in [-0.2, -0.15) is 0 Å². The lowest BCUT2D eigenvalue weighted by molar-refractivity contribution is -0.130. The molecule has 0 aliphatic rings. The van der Waals surface area contributed by atoms with Crippen molar-refractivity contribution in [3.8, 4) is 0 Å². The molecule has 0 fully saturated rings. The molecule has 0 heterocycles. The SMILES string of the molecule is CN(C)CN(C)C(=O)C(Cl)(Cl)Cl. The summed E-state index contributed by atoms with van der Waals surface area (Å²) in [6.07, 6.45) is 0. The number of alkyl halides is 3. The molecule has 0 N–H and O–H groups in total. The van der Waals surface area contributed by atoms with E-state index in [1.807, 2.05) is 14.1 Å². The lowest BCUT2D eigenvalue weighted by Gasteiger charge is -2.24. The van der Waals surface area contributed by atoms with Gasteiger partial charge in [-0.3, -0.25) is 9.69 Å². The van der Waals surface area contributed by atoms with Crippen LogP contribution in [-0.2, 0) is 4.79 Å². The third-order valence-corrected chi connectivity index (χ3v) is 1.57. The number of amides is 1. The Morgan fingerprint density at radius 2 is 1.67 bits per heavy atom. The molecule has 0 saturated carbocycles. The molecule has 6 heteroatoms. The van der Waals surface area contributed by atoms with Crippen LogP contribution in [0.1, 0.15) is 0 Å². The highest BCUT2D eigenvalue weighted by molar-refractivity contribution is 6.76. The summed E-state index contributed by atoms with van der Waals surface area (Å²) in [6.45, 7) is 0.423. The van der Waals surface area contributed by atoms with Crippen molar-refractivity contribution >= 4 is 40.7 Å². The molecule has 12 heavy (non-hydrogen) atoms. The molecule has 0 unspecified atom stereocenters. The maximum atomic E-state index is 11.2. The molecular weight excluding hydrogens is 222 g/mol. The van der Waals surface area contributed by atoms with Crippen molar-refractivity contribution in [3.63, 3.8) is 0 Å². The van der Waals surface area contributed by atoms with Crippen LogP contribution in [-0.4, -0.2) is 47.3 Å². The second kappa shape index (κ2) is 4.51. The molecular formula is C6H11Cl3N2O. The molecule has 1 amide bonds. The van der Waals surface area contributed by atoms with Gasteiger partial charge in [0, 0.05) is 7.05 Å². The average Bonchev–Trinajstić information content (AvgIpc) is 1.82. The Labute approximate surface area is 87.2 Å². The molecule has 0 aromatic heterocycles. The molecule has 0 spiro atoms. The largest absolute Gasteiger partial charge is 0.329 e. The van der Waals surface area contributed by atoms with Gasteiger partial charge in [-0.15, -0.1) is 0 Å². The van der Waals surface area contributed by atoms with Gasteiger partial charge in [0.15, 0.2) is 0 Å². The van der Waals surface area contributed by atoms with Crippen molar-refractivity contribution in [2.24, 2.45) is 0 Å². The van der Waals surface area contributed by atoms with E-state index >= 15 is 0 Å². The van der Waals surface area contributed by atoms with Crippen molar-refractivity contribution < 1.29 is 4.79 Å². The average molecular weight is 234 g/mol. The number of rotatable bonds is 2. The van der Waals surface area contributed by atoms with Crippen molar-refractivity contribution in [1.29, 1.82) is 0 Å². The Morgan fingerprint density at radius 3 is 1.92 bits per heavy atom. The fourth-order valence-corrected chi connectivity index (χ4v) is 1.14. The highest BCUT2D eigenvalue weighted by atomic mass is 35.6. The monoisotopic (exact) mass is 232 g/mol. The Kier molecular flexibility index (Phi) is 4.62. The number of hydrogen-bond donors (Lipinski definition) is 0. The van der Waals surface area contributed by atoms with E-state index in [9.17, 15) is 4.79 Å². The number of hydrogen-bond acceptors (Lipinski definition) is 2. The number of halogens is 3. The maximum Gasteiger partial charge on any atom is 0.275 e. The van der Waals surface area contributed by atoms with Gasteiger partial charge in [0.1, 0.15) is 0 Å². The minimum Gasteiger partial charge on any atom is -0.329 e. The first-order valence-electron chi connectivity index (χ1n) is 3.22. The van der Waals surface area contributed by atoms with Crippen LogP contribution in [0.5, 0.6) is 0 Å². The standard InChI is InChI=1S/C6H11Cl3N2O/c1-10(2)4-11(3)5(12)6(7,8)9/h4H2,1-3H3. The molecule has 0 atom stereocenters. The minimum absolute atomic E-state index is 0.423. The van der Waals surface area contributed by atoms with Gasteiger partial charge in [-0.25, -0.2) is 0 Å². The molecule has 0 aliphatic heterocycles. The topological polar surface area (TPSA) is 23.6 Å². The summed E-state index contributed by atoms with van der Waals surface area (Å²) < 4.78 is -1.86. The Hall–Kier alpha value is 0.300. The Balaban J connectivity index is 4.12. The first-order chi connectivity index (χ1) is 5.25. The summed E-state index contributed by atoms with van der Waals surface area (Å²) >= 11 is 16.1. The van der Waals surface area contributed by atoms with E-state index in [0.717, 1.165) is 0 Å². The van der Waals surface area contributed by atoms with E-state index in [-0.39, 0.29) is 0 Å². The number of carbonyl (C=O) groups excluding carboxylic acids is 1. The lowest BCUT2D eigenvalue weighted by Crippen LogP contribution is -2.41. The molecule has 3 nitrogen and oxygen atoms in total. The summed E-state index contributed by atoms with van der Waals surface area (Å²) in [5.74, 6) is -0.527. The molecule has 0 saturated heterocycles. The summed E-state index contributed by atoms with van der Waals surface area (Å²) in [5.41, 5.74) is 0. The first-order valence-corrected chi connectivity index (χ1v) is 4.35. The smallest absolute Gasteiger partial charge is 0.275 e. The van der Waals surface area contributed by atoms with E-state index in [0.29, 0.717) is 6.67 Å². The summed E-state index contributed by atoms with van der Waals surface area (Å²) in [7, 11) is 5.22. The Morgan fingerprint density at radius 1 is 1.25 bits per heavy atom. The van der Waals surface area contributed by atoms with Gasteiger partial charge in [0.25, 0.3) is 9.70 Å². The van der Waals surface area contributed by atoms with Crippen molar-refractivity contribution in [2.75, 3.05) is 27.8 Å². The minimum atomic E-state index is -1.86. The fourth-order valence-electron chi connectivity index (χ4n) is 0.705. The van der Waals surface area contributed by atoms with Crippen LogP contribution in [0, 0.1) is 0 Å². The van der Waals surface area contributed by atoms with Crippen molar-refractivity contribution in [3.05, 3.63) is 0 Å². The molecule has 0 radical (unpaired) electrons.